The Morgan fingerprint density at radius 3 is 2.54 bits per heavy atom. The third kappa shape index (κ3) is 3.37. The monoisotopic (exact) mass is 371 g/mol. The summed E-state index contributed by atoms with van der Waals surface area (Å²) in [6.07, 6.45) is 2.99. The van der Waals surface area contributed by atoms with E-state index >= 15 is 0 Å². The summed E-state index contributed by atoms with van der Waals surface area (Å²) in [5.41, 5.74) is 4.85. The largest absolute Gasteiger partial charge is 0.479 e. The maximum atomic E-state index is 12.5. The second-order valence-corrected chi connectivity index (χ2v) is 7.38. The lowest BCUT2D eigenvalue weighted by Crippen LogP contribution is -2.54. The maximum absolute atomic E-state index is 12.5. The highest BCUT2D eigenvalue weighted by atomic mass is 35.5. The van der Waals surface area contributed by atoms with E-state index in [0.29, 0.717) is 22.9 Å². The number of amides is 1. The van der Waals surface area contributed by atoms with Crippen molar-refractivity contribution in [3.63, 3.8) is 0 Å². The normalized spacial score (nSPS) is 26.0. The molecule has 1 aliphatic carbocycles. The first-order valence-electron chi connectivity index (χ1n) is 7.83. The van der Waals surface area contributed by atoms with Crippen LogP contribution in [0.2, 0.25) is 10.0 Å². The summed E-state index contributed by atoms with van der Waals surface area (Å²) < 4.78 is 0. The van der Waals surface area contributed by atoms with Gasteiger partial charge in [0.25, 0.3) is 0 Å². The van der Waals surface area contributed by atoms with Crippen LogP contribution in [-0.2, 0) is 15.1 Å². The summed E-state index contributed by atoms with van der Waals surface area (Å²) in [7, 11) is 0. The van der Waals surface area contributed by atoms with Crippen LogP contribution >= 0.6 is 23.2 Å². The molecule has 1 aromatic carbocycles. The molecule has 1 saturated carbocycles. The first-order chi connectivity index (χ1) is 11.3. The number of carbonyl (C=O) groups excluding carboxylic acids is 1. The van der Waals surface area contributed by atoms with Crippen molar-refractivity contribution in [2.75, 3.05) is 0 Å². The summed E-state index contributed by atoms with van der Waals surface area (Å²) in [6.45, 7) is 1.44. The van der Waals surface area contributed by atoms with Gasteiger partial charge in [0.2, 0.25) is 5.91 Å². The van der Waals surface area contributed by atoms with Crippen LogP contribution in [0.25, 0.3) is 0 Å². The number of rotatable bonds is 5. The van der Waals surface area contributed by atoms with E-state index in [0.717, 1.165) is 0 Å². The molecule has 2 fully saturated rings. The Bertz CT molecular complexity index is 681. The Morgan fingerprint density at radius 2 is 1.96 bits per heavy atom. The van der Waals surface area contributed by atoms with Crippen molar-refractivity contribution >= 4 is 35.1 Å². The highest BCUT2D eigenvalue weighted by Crippen LogP contribution is 2.36. The third-order valence-electron chi connectivity index (χ3n) is 4.74. The van der Waals surface area contributed by atoms with E-state index in [-0.39, 0.29) is 17.0 Å². The van der Waals surface area contributed by atoms with Gasteiger partial charge in [-0.1, -0.05) is 29.3 Å². The molecular weight excluding hydrogens is 353 g/mol. The van der Waals surface area contributed by atoms with Crippen LogP contribution in [0.3, 0.4) is 0 Å². The quantitative estimate of drug-likeness (QED) is 0.635. The Labute approximate surface area is 149 Å². The average molecular weight is 372 g/mol. The second kappa shape index (κ2) is 6.52. The van der Waals surface area contributed by atoms with E-state index in [1.165, 1.54) is 31.9 Å². The van der Waals surface area contributed by atoms with E-state index in [4.69, 9.17) is 23.2 Å². The zero-order valence-corrected chi connectivity index (χ0v) is 14.6. The zero-order chi connectivity index (χ0) is 17.5. The predicted molar refractivity (Wildman–Crippen MR) is 90.8 cm³/mol. The molecule has 130 valence electrons. The molecular formula is C16H19Cl2N3O3. The lowest BCUT2D eigenvalue weighted by Gasteiger charge is -2.28. The van der Waals surface area contributed by atoms with E-state index in [1.807, 2.05) is 0 Å². The molecule has 3 rings (SSSR count). The third-order valence-corrected chi connectivity index (χ3v) is 5.48. The van der Waals surface area contributed by atoms with E-state index < -0.39 is 17.6 Å². The summed E-state index contributed by atoms with van der Waals surface area (Å²) in [5.74, 6) is -0.920. The highest BCUT2D eigenvalue weighted by Gasteiger charge is 2.43. The average Bonchev–Trinajstić information content (AvgIpc) is 3.26. The van der Waals surface area contributed by atoms with Crippen LogP contribution in [0.5, 0.6) is 0 Å². The molecule has 0 aromatic heterocycles. The molecule has 0 radical (unpaired) electrons. The van der Waals surface area contributed by atoms with Crippen molar-refractivity contribution < 1.29 is 14.7 Å². The zero-order valence-electron chi connectivity index (χ0n) is 13.1. The number of hydrogen-bond donors (Lipinski definition) is 4. The molecule has 1 aromatic rings. The van der Waals surface area contributed by atoms with E-state index in [2.05, 4.69) is 16.2 Å². The SMILES string of the molecule is CC(NC(=O)C1CC(C2CC2)NN1)(C(=O)O)c1ccc(Cl)c(Cl)c1. The number of carboxylic acids is 1. The van der Waals surface area contributed by atoms with Gasteiger partial charge in [-0.25, -0.2) is 10.2 Å². The Morgan fingerprint density at radius 1 is 1.25 bits per heavy atom. The number of nitrogens with one attached hydrogen (secondary N) is 3. The molecule has 0 spiro atoms. The number of hydrazine groups is 1. The van der Waals surface area contributed by atoms with Gasteiger partial charge in [-0.05, 0) is 49.8 Å². The molecule has 2 aliphatic rings. The van der Waals surface area contributed by atoms with Crippen molar-refractivity contribution in [1.29, 1.82) is 0 Å². The Hall–Kier alpha value is -1.34. The number of halogens is 2. The molecule has 6 nitrogen and oxygen atoms in total. The summed E-state index contributed by atoms with van der Waals surface area (Å²) in [4.78, 5) is 24.4. The minimum atomic E-state index is -1.59. The van der Waals surface area contributed by atoms with Gasteiger partial charge in [0.05, 0.1) is 10.0 Å². The molecule has 8 heteroatoms. The summed E-state index contributed by atoms with van der Waals surface area (Å²) in [6, 6.07) is 4.34. The molecule has 1 heterocycles. The first kappa shape index (κ1) is 17.5. The minimum absolute atomic E-state index is 0.241. The van der Waals surface area contributed by atoms with Crippen LogP contribution in [0, 0.1) is 5.92 Å². The van der Waals surface area contributed by atoms with Crippen molar-refractivity contribution in [3.05, 3.63) is 33.8 Å². The van der Waals surface area contributed by atoms with Crippen LogP contribution < -0.4 is 16.2 Å². The predicted octanol–water partition coefficient (Wildman–Crippen LogP) is 2.05. The molecule has 1 saturated heterocycles. The van der Waals surface area contributed by atoms with E-state index in [9.17, 15) is 14.7 Å². The maximum Gasteiger partial charge on any atom is 0.333 e. The minimum Gasteiger partial charge on any atom is -0.479 e. The fourth-order valence-corrected chi connectivity index (χ4v) is 3.25. The van der Waals surface area contributed by atoms with Crippen molar-refractivity contribution in [2.24, 2.45) is 5.92 Å². The van der Waals surface area contributed by atoms with Crippen LogP contribution in [0.4, 0.5) is 0 Å². The molecule has 3 atom stereocenters. The van der Waals surface area contributed by atoms with Gasteiger partial charge in [0.15, 0.2) is 5.54 Å². The number of hydrogen-bond acceptors (Lipinski definition) is 4. The fourth-order valence-electron chi connectivity index (χ4n) is 2.95. The molecule has 3 unspecified atom stereocenters. The standard InChI is InChI=1S/C16H19Cl2N3O3/c1-16(15(23)24,9-4-5-10(17)11(18)6-9)19-14(22)13-7-12(20-21-13)8-2-3-8/h4-6,8,12-13,20-21H,2-3,7H2,1H3,(H,19,22)(H,23,24). The van der Waals surface area contributed by atoms with Crippen LogP contribution in [0.1, 0.15) is 31.7 Å². The van der Waals surface area contributed by atoms with E-state index in [1.54, 1.807) is 6.07 Å². The van der Waals surface area contributed by atoms with Gasteiger partial charge < -0.3 is 10.4 Å². The van der Waals surface area contributed by atoms with Gasteiger partial charge in [-0.3, -0.25) is 10.2 Å². The van der Waals surface area contributed by atoms with Crippen LogP contribution in [-0.4, -0.2) is 29.1 Å². The summed E-state index contributed by atoms with van der Waals surface area (Å²) >= 11 is 11.9. The molecule has 24 heavy (non-hydrogen) atoms. The highest BCUT2D eigenvalue weighted by molar-refractivity contribution is 6.42. The lowest BCUT2D eigenvalue weighted by atomic mass is 9.91. The van der Waals surface area contributed by atoms with Gasteiger partial charge in [0.1, 0.15) is 6.04 Å². The number of carboxylic acid groups (broad SMARTS) is 1. The fraction of sp³-hybridized carbons (Fsp3) is 0.500. The first-order valence-corrected chi connectivity index (χ1v) is 8.59. The van der Waals surface area contributed by atoms with Gasteiger partial charge in [-0.2, -0.15) is 0 Å². The van der Waals surface area contributed by atoms with Gasteiger partial charge in [0, 0.05) is 6.04 Å². The number of aliphatic carboxylic acids is 1. The second-order valence-electron chi connectivity index (χ2n) is 6.57. The van der Waals surface area contributed by atoms with Gasteiger partial charge in [-0.15, -0.1) is 0 Å². The van der Waals surface area contributed by atoms with Crippen molar-refractivity contribution in [2.45, 2.75) is 43.8 Å². The topological polar surface area (TPSA) is 90.5 Å². The van der Waals surface area contributed by atoms with Gasteiger partial charge >= 0.3 is 5.97 Å². The lowest BCUT2D eigenvalue weighted by molar-refractivity contribution is -0.147. The van der Waals surface area contributed by atoms with Crippen LogP contribution in [0.15, 0.2) is 18.2 Å². The Balaban J connectivity index is 1.76. The number of carbonyl (C=O) groups is 2. The smallest absolute Gasteiger partial charge is 0.333 e. The van der Waals surface area contributed by atoms with Crippen molar-refractivity contribution in [3.8, 4) is 0 Å². The molecule has 1 aliphatic heterocycles. The molecule has 4 N–H and O–H groups in total. The Kier molecular flexibility index (Phi) is 4.75. The van der Waals surface area contributed by atoms with Crippen molar-refractivity contribution in [1.82, 2.24) is 16.2 Å². The number of benzene rings is 1. The summed E-state index contributed by atoms with van der Waals surface area (Å²) in [5, 5.41) is 12.9. The molecule has 0 bridgehead atoms. The molecule has 1 amide bonds.